The molecule has 6 heteroatoms. The maximum atomic E-state index is 11.6. The summed E-state index contributed by atoms with van der Waals surface area (Å²) in [5.41, 5.74) is -0.119. The Kier molecular flexibility index (Phi) is 2.10. The summed E-state index contributed by atoms with van der Waals surface area (Å²) in [7, 11) is 0. The molecule has 2 aliphatic heterocycles. The lowest BCUT2D eigenvalue weighted by Gasteiger charge is -2.29. The number of rotatable bonds is 2. The molecule has 0 bridgehead atoms. The Bertz CT molecular complexity index is 400. The van der Waals surface area contributed by atoms with Crippen molar-refractivity contribution in [2.24, 2.45) is 0 Å². The minimum atomic E-state index is -0.119. The third kappa shape index (κ3) is 1.40. The lowest BCUT2D eigenvalue weighted by molar-refractivity contribution is 0.0980. The van der Waals surface area contributed by atoms with Gasteiger partial charge in [-0.2, -0.15) is 5.10 Å². The van der Waals surface area contributed by atoms with E-state index < -0.39 is 0 Å². The molecule has 0 aromatic carbocycles. The molecule has 2 N–H and O–H groups in total. The van der Waals surface area contributed by atoms with Gasteiger partial charge in [0.2, 0.25) is 0 Å². The lowest BCUT2D eigenvalue weighted by atomic mass is 10.1. The zero-order chi connectivity index (χ0) is 10.3. The number of aromatic amines is 1. The highest BCUT2D eigenvalue weighted by Gasteiger charge is 2.30. The third-order valence-corrected chi connectivity index (χ3v) is 3.07. The summed E-state index contributed by atoms with van der Waals surface area (Å²) in [6.07, 6.45) is 2.02. The van der Waals surface area contributed by atoms with Crippen LogP contribution in [0.1, 0.15) is 30.8 Å². The number of ether oxygens (including phenoxy) is 1. The molecule has 2 fully saturated rings. The van der Waals surface area contributed by atoms with Crippen LogP contribution in [-0.4, -0.2) is 34.5 Å². The summed E-state index contributed by atoms with van der Waals surface area (Å²) in [4.78, 5) is 11.6. The molecule has 1 atom stereocenters. The number of hydrogen-bond donors (Lipinski definition) is 2. The van der Waals surface area contributed by atoms with E-state index in [-0.39, 0.29) is 17.8 Å². The first-order valence-corrected chi connectivity index (χ1v) is 5.35. The Labute approximate surface area is 86.6 Å². The highest BCUT2D eigenvalue weighted by molar-refractivity contribution is 4.99. The van der Waals surface area contributed by atoms with Crippen molar-refractivity contribution in [3.63, 3.8) is 0 Å². The fourth-order valence-corrected chi connectivity index (χ4v) is 2.13. The average molecular weight is 210 g/mol. The van der Waals surface area contributed by atoms with E-state index in [0.29, 0.717) is 0 Å². The van der Waals surface area contributed by atoms with Crippen LogP contribution in [0, 0.1) is 0 Å². The van der Waals surface area contributed by atoms with Crippen LogP contribution in [0.3, 0.4) is 0 Å². The van der Waals surface area contributed by atoms with E-state index in [1.54, 1.807) is 4.57 Å². The van der Waals surface area contributed by atoms with E-state index in [1.807, 2.05) is 0 Å². The van der Waals surface area contributed by atoms with E-state index in [1.165, 1.54) is 0 Å². The summed E-state index contributed by atoms with van der Waals surface area (Å²) in [5.74, 6) is 0.768. The van der Waals surface area contributed by atoms with Crippen molar-refractivity contribution in [3.8, 4) is 0 Å². The first kappa shape index (κ1) is 9.11. The third-order valence-electron chi connectivity index (χ3n) is 3.07. The average Bonchev–Trinajstić information content (AvgIpc) is 2.74. The smallest absolute Gasteiger partial charge is 0.343 e. The SMILES string of the molecule is O=c1[nH]nc(C2CCCO2)n1C1CNC1. The van der Waals surface area contributed by atoms with Crippen molar-refractivity contribution >= 4 is 0 Å². The van der Waals surface area contributed by atoms with Crippen molar-refractivity contribution in [3.05, 3.63) is 16.3 Å². The first-order chi connectivity index (χ1) is 7.36. The van der Waals surface area contributed by atoms with Gasteiger partial charge in [0.15, 0.2) is 5.82 Å². The quantitative estimate of drug-likeness (QED) is 0.694. The number of hydrogen-bond acceptors (Lipinski definition) is 4. The van der Waals surface area contributed by atoms with E-state index >= 15 is 0 Å². The first-order valence-electron chi connectivity index (χ1n) is 5.35. The molecule has 2 saturated heterocycles. The molecule has 3 heterocycles. The molecule has 6 nitrogen and oxygen atoms in total. The second-order valence-corrected chi connectivity index (χ2v) is 4.07. The van der Waals surface area contributed by atoms with Crippen LogP contribution in [0.25, 0.3) is 0 Å². The Morgan fingerprint density at radius 2 is 2.33 bits per heavy atom. The second kappa shape index (κ2) is 3.46. The predicted octanol–water partition coefficient (Wildman–Crippen LogP) is -0.433. The van der Waals surface area contributed by atoms with Crippen molar-refractivity contribution in [1.82, 2.24) is 20.1 Å². The van der Waals surface area contributed by atoms with E-state index in [4.69, 9.17) is 4.74 Å². The summed E-state index contributed by atoms with van der Waals surface area (Å²) < 4.78 is 7.29. The van der Waals surface area contributed by atoms with Crippen LogP contribution < -0.4 is 11.0 Å². The molecule has 0 saturated carbocycles. The Morgan fingerprint density at radius 3 is 2.93 bits per heavy atom. The Balaban J connectivity index is 1.95. The van der Waals surface area contributed by atoms with E-state index in [9.17, 15) is 4.79 Å². The maximum Gasteiger partial charge on any atom is 0.343 e. The van der Waals surface area contributed by atoms with Crippen molar-refractivity contribution in [2.75, 3.05) is 19.7 Å². The van der Waals surface area contributed by atoms with Crippen LogP contribution in [-0.2, 0) is 4.74 Å². The monoisotopic (exact) mass is 210 g/mol. The van der Waals surface area contributed by atoms with Gasteiger partial charge in [0.05, 0.1) is 6.04 Å². The number of H-pyrrole nitrogens is 1. The Hall–Kier alpha value is -1.14. The standard InChI is InChI=1S/C9H14N4O2/c14-9-12-11-8(7-2-1-3-15-7)13(9)6-4-10-5-6/h6-7,10H,1-5H2,(H,12,14). The zero-order valence-corrected chi connectivity index (χ0v) is 8.40. The molecule has 0 amide bonds. The van der Waals surface area contributed by atoms with Crippen molar-refractivity contribution in [2.45, 2.75) is 25.0 Å². The molecule has 0 spiro atoms. The molecule has 2 aliphatic rings. The van der Waals surface area contributed by atoms with Gasteiger partial charge in [-0.25, -0.2) is 9.89 Å². The highest BCUT2D eigenvalue weighted by atomic mass is 16.5. The van der Waals surface area contributed by atoms with E-state index in [0.717, 1.165) is 38.4 Å². The molecule has 0 radical (unpaired) electrons. The number of nitrogens with zero attached hydrogens (tertiary/aromatic N) is 2. The topological polar surface area (TPSA) is 71.9 Å². The summed E-state index contributed by atoms with van der Waals surface area (Å²) in [6.45, 7) is 2.47. The Morgan fingerprint density at radius 1 is 1.47 bits per heavy atom. The van der Waals surface area contributed by atoms with Gasteiger partial charge < -0.3 is 10.1 Å². The van der Waals surface area contributed by atoms with Gasteiger partial charge in [-0.15, -0.1) is 0 Å². The minimum absolute atomic E-state index is 0.00421. The van der Waals surface area contributed by atoms with Gasteiger partial charge in [-0.05, 0) is 12.8 Å². The predicted molar refractivity (Wildman–Crippen MR) is 52.7 cm³/mol. The molecule has 1 aromatic rings. The molecular formula is C9H14N4O2. The summed E-state index contributed by atoms with van der Waals surface area (Å²) in [5, 5.41) is 9.74. The van der Waals surface area contributed by atoms with Gasteiger partial charge in [0.25, 0.3) is 0 Å². The van der Waals surface area contributed by atoms with Crippen LogP contribution in [0.5, 0.6) is 0 Å². The molecule has 3 rings (SSSR count). The van der Waals surface area contributed by atoms with Gasteiger partial charge >= 0.3 is 5.69 Å². The molecular weight excluding hydrogens is 196 g/mol. The van der Waals surface area contributed by atoms with Crippen LogP contribution in [0.2, 0.25) is 0 Å². The summed E-state index contributed by atoms with van der Waals surface area (Å²) in [6, 6.07) is 0.246. The second-order valence-electron chi connectivity index (χ2n) is 4.07. The molecule has 1 aromatic heterocycles. The molecule has 82 valence electrons. The normalized spacial score (nSPS) is 26.8. The van der Waals surface area contributed by atoms with Crippen LogP contribution in [0.15, 0.2) is 4.79 Å². The van der Waals surface area contributed by atoms with Crippen molar-refractivity contribution < 1.29 is 4.74 Å². The summed E-state index contributed by atoms with van der Waals surface area (Å²) >= 11 is 0. The van der Waals surface area contributed by atoms with Crippen LogP contribution in [0.4, 0.5) is 0 Å². The van der Waals surface area contributed by atoms with Gasteiger partial charge in [-0.1, -0.05) is 0 Å². The minimum Gasteiger partial charge on any atom is -0.370 e. The molecule has 0 aliphatic carbocycles. The molecule has 1 unspecified atom stereocenters. The van der Waals surface area contributed by atoms with Crippen molar-refractivity contribution in [1.29, 1.82) is 0 Å². The maximum absolute atomic E-state index is 11.6. The fourth-order valence-electron chi connectivity index (χ4n) is 2.13. The number of nitrogens with one attached hydrogen (secondary N) is 2. The highest BCUT2D eigenvalue weighted by Crippen LogP contribution is 2.27. The van der Waals surface area contributed by atoms with Gasteiger partial charge in [0, 0.05) is 19.7 Å². The van der Waals surface area contributed by atoms with Crippen LogP contribution >= 0.6 is 0 Å². The van der Waals surface area contributed by atoms with E-state index in [2.05, 4.69) is 15.5 Å². The molecule has 15 heavy (non-hydrogen) atoms. The van der Waals surface area contributed by atoms with Gasteiger partial charge in [0.1, 0.15) is 6.10 Å². The zero-order valence-electron chi connectivity index (χ0n) is 8.40. The van der Waals surface area contributed by atoms with Gasteiger partial charge in [-0.3, -0.25) is 4.57 Å². The lowest BCUT2D eigenvalue weighted by Crippen LogP contribution is -2.47. The number of aromatic nitrogens is 3. The fraction of sp³-hybridized carbons (Fsp3) is 0.778. The largest absolute Gasteiger partial charge is 0.370 e.